The minimum atomic E-state index is -0.682. The molecule has 0 radical (unpaired) electrons. The number of likely N-dealkylation sites (tertiary alicyclic amines) is 1. The molecule has 1 aliphatic heterocycles. The molecule has 3 N–H and O–H groups in total. The SMILES string of the molecule is O=C1CCCN1CCCNC[C@@H](O)CO. The highest BCUT2D eigenvalue weighted by molar-refractivity contribution is 5.77. The zero-order valence-corrected chi connectivity index (χ0v) is 8.98. The van der Waals surface area contributed by atoms with Crippen LogP contribution in [0.1, 0.15) is 19.3 Å². The minimum Gasteiger partial charge on any atom is -0.394 e. The van der Waals surface area contributed by atoms with Crippen molar-refractivity contribution in [1.29, 1.82) is 0 Å². The van der Waals surface area contributed by atoms with Crippen LogP contribution in [-0.4, -0.2) is 59.9 Å². The predicted molar refractivity (Wildman–Crippen MR) is 56.4 cm³/mol. The van der Waals surface area contributed by atoms with Gasteiger partial charge < -0.3 is 20.4 Å². The van der Waals surface area contributed by atoms with Crippen molar-refractivity contribution in [3.05, 3.63) is 0 Å². The van der Waals surface area contributed by atoms with Crippen LogP contribution in [0.5, 0.6) is 0 Å². The highest BCUT2D eigenvalue weighted by Gasteiger charge is 2.18. The maximum Gasteiger partial charge on any atom is 0.222 e. The first-order valence-corrected chi connectivity index (χ1v) is 5.51. The van der Waals surface area contributed by atoms with E-state index in [9.17, 15) is 4.79 Å². The highest BCUT2D eigenvalue weighted by atomic mass is 16.3. The van der Waals surface area contributed by atoms with E-state index in [2.05, 4.69) is 5.32 Å². The summed E-state index contributed by atoms with van der Waals surface area (Å²) in [6.45, 7) is 2.64. The summed E-state index contributed by atoms with van der Waals surface area (Å²) < 4.78 is 0. The fourth-order valence-electron chi connectivity index (χ4n) is 1.67. The third-order valence-corrected chi connectivity index (χ3v) is 2.54. The second kappa shape index (κ2) is 6.76. The van der Waals surface area contributed by atoms with Crippen LogP contribution in [-0.2, 0) is 4.79 Å². The molecule has 15 heavy (non-hydrogen) atoms. The molecule has 1 fully saturated rings. The third kappa shape index (κ3) is 4.59. The van der Waals surface area contributed by atoms with E-state index < -0.39 is 6.10 Å². The maximum atomic E-state index is 11.2. The quantitative estimate of drug-likeness (QED) is 0.474. The number of nitrogens with one attached hydrogen (secondary N) is 1. The molecule has 0 spiro atoms. The van der Waals surface area contributed by atoms with Crippen LogP contribution in [0.3, 0.4) is 0 Å². The van der Waals surface area contributed by atoms with Crippen LogP contribution in [0, 0.1) is 0 Å². The summed E-state index contributed by atoms with van der Waals surface area (Å²) in [5.74, 6) is 0.255. The molecule has 0 bridgehead atoms. The molecule has 5 heteroatoms. The van der Waals surface area contributed by atoms with Crippen LogP contribution < -0.4 is 5.32 Å². The van der Waals surface area contributed by atoms with Gasteiger partial charge in [0.25, 0.3) is 0 Å². The highest BCUT2D eigenvalue weighted by Crippen LogP contribution is 2.09. The first-order chi connectivity index (χ1) is 7.24. The minimum absolute atomic E-state index is 0.211. The molecule has 1 rings (SSSR count). The molecular weight excluding hydrogens is 196 g/mol. The molecule has 0 aliphatic carbocycles. The number of hydrogen-bond donors (Lipinski definition) is 3. The Bertz CT molecular complexity index is 199. The monoisotopic (exact) mass is 216 g/mol. The summed E-state index contributed by atoms with van der Waals surface area (Å²) >= 11 is 0. The Kier molecular flexibility index (Phi) is 5.60. The topological polar surface area (TPSA) is 72.8 Å². The van der Waals surface area contributed by atoms with Gasteiger partial charge in [-0.25, -0.2) is 0 Å². The molecule has 0 unspecified atom stereocenters. The van der Waals surface area contributed by atoms with Gasteiger partial charge in [-0.05, 0) is 19.4 Å². The van der Waals surface area contributed by atoms with Crippen molar-refractivity contribution >= 4 is 5.91 Å². The molecule has 0 aromatic heterocycles. The molecule has 0 aromatic carbocycles. The molecule has 1 aliphatic rings. The average Bonchev–Trinajstić information content (AvgIpc) is 2.63. The van der Waals surface area contributed by atoms with Crippen LogP contribution >= 0.6 is 0 Å². The number of aliphatic hydroxyl groups is 2. The summed E-state index contributed by atoms with van der Waals surface area (Å²) in [5.41, 5.74) is 0. The summed E-state index contributed by atoms with van der Waals surface area (Å²) in [6.07, 6.45) is 1.88. The lowest BCUT2D eigenvalue weighted by Crippen LogP contribution is -2.32. The molecule has 88 valence electrons. The van der Waals surface area contributed by atoms with Crippen molar-refractivity contribution in [2.45, 2.75) is 25.4 Å². The number of aliphatic hydroxyl groups excluding tert-OH is 2. The van der Waals surface area contributed by atoms with Gasteiger partial charge in [0.05, 0.1) is 12.7 Å². The predicted octanol–water partition coefficient (Wildman–Crippen LogP) is -1.06. The molecule has 0 aromatic rings. The van der Waals surface area contributed by atoms with E-state index in [0.717, 1.165) is 32.5 Å². The van der Waals surface area contributed by atoms with Crippen molar-refractivity contribution in [3.63, 3.8) is 0 Å². The summed E-state index contributed by atoms with van der Waals surface area (Å²) in [6, 6.07) is 0. The zero-order chi connectivity index (χ0) is 11.1. The first kappa shape index (κ1) is 12.4. The van der Waals surface area contributed by atoms with E-state index in [0.29, 0.717) is 13.0 Å². The number of carbonyl (C=O) groups is 1. The van der Waals surface area contributed by atoms with E-state index in [1.807, 2.05) is 4.90 Å². The van der Waals surface area contributed by atoms with Gasteiger partial charge in [-0.2, -0.15) is 0 Å². The lowest BCUT2D eigenvalue weighted by molar-refractivity contribution is -0.127. The van der Waals surface area contributed by atoms with Crippen molar-refractivity contribution in [3.8, 4) is 0 Å². The van der Waals surface area contributed by atoms with Crippen molar-refractivity contribution < 1.29 is 15.0 Å². The number of amides is 1. The maximum absolute atomic E-state index is 11.2. The molecule has 0 saturated carbocycles. The normalized spacial score (nSPS) is 18.5. The van der Waals surface area contributed by atoms with Crippen molar-refractivity contribution in [2.75, 3.05) is 32.8 Å². The number of carbonyl (C=O) groups excluding carboxylic acids is 1. The third-order valence-electron chi connectivity index (χ3n) is 2.54. The van der Waals surface area contributed by atoms with Gasteiger partial charge in [0.1, 0.15) is 0 Å². The van der Waals surface area contributed by atoms with Crippen molar-refractivity contribution in [1.82, 2.24) is 10.2 Å². The molecule has 5 nitrogen and oxygen atoms in total. The molecule has 1 atom stereocenters. The van der Waals surface area contributed by atoms with E-state index in [1.54, 1.807) is 0 Å². The summed E-state index contributed by atoms with van der Waals surface area (Å²) in [4.78, 5) is 13.1. The fourth-order valence-corrected chi connectivity index (χ4v) is 1.67. The molecule has 1 amide bonds. The van der Waals surface area contributed by atoms with E-state index in [4.69, 9.17) is 10.2 Å². The Morgan fingerprint density at radius 3 is 2.93 bits per heavy atom. The van der Waals surface area contributed by atoms with Crippen LogP contribution in [0.2, 0.25) is 0 Å². The van der Waals surface area contributed by atoms with Gasteiger partial charge >= 0.3 is 0 Å². The first-order valence-electron chi connectivity index (χ1n) is 5.51. The fraction of sp³-hybridized carbons (Fsp3) is 0.900. The van der Waals surface area contributed by atoms with E-state index in [1.165, 1.54) is 0 Å². The summed E-state index contributed by atoms with van der Waals surface area (Å²) in [7, 11) is 0. The van der Waals surface area contributed by atoms with Gasteiger partial charge in [0.2, 0.25) is 5.91 Å². The Labute approximate surface area is 90.1 Å². The standard InChI is InChI=1S/C10H20N2O3/c13-8-9(14)7-11-4-2-6-12-5-1-3-10(12)15/h9,11,13-14H,1-8H2/t9-/m1/s1. The molecular formula is C10H20N2O3. The van der Waals surface area contributed by atoms with Gasteiger partial charge in [0.15, 0.2) is 0 Å². The smallest absolute Gasteiger partial charge is 0.222 e. The van der Waals surface area contributed by atoms with Crippen LogP contribution in [0.25, 0.3) is 0 Å². The second-order valence-electron chi connectivity index (χ2n) is 3.88. The van der Waals surface area contributed by atoms with Crippen LogP contribution in [0.4, 0.5) is 0 Å². The lowest BCUT2D eigenvalue weighted by atomic mass is 10.3. The Morgan fingerprint density at radius 1 is 1.53 bits per heavy atom. The van der Waals surface area contributed by atoms with Gasteiger partial charge in [-0.3, -0.25) is 4.79 Å². The summed E-state index contributed by atoms with van der Waals surface area (Å²) in [5, 5.41) is 20.6. The zero-order valence-electron chi connectivity index (χ0n) is 8.98. The van der Waals surface area contributed by atoms with Crippen LogP contribution in [0.15, 0.2) is 0 Å². The largest absolute Gasteiger partial charge is 0.394 e. The van der Waals surface area contributed by atoms with Gasteiger partial charge in [-0.15, -0.1) is 0 Å². The van der Waals surface area contributed by atoms with Gasteiger partial charge in [0, 0.05) is 26.1 Å². The molecule has 1 heterocycles. The number of rotatable bonds is 7. The van der Waals surface area contributed by atoms with E-state index in [-0.39, 0.29) is 12.5 Å². The van der Waals surface area contributed by atoms with E-state index >= 15 is 0 Å². The average molecular weight is 216 g/mol. The van der Waals surface area contributed by atoms with Crippen molar-refractivity contribution in [2.24, 2.45) is 0 Å². The number of nitrogens with zero attached hydrogens (tertiary/aromatic N) is 1. The lowest BCUT2D eigenvalue weighted by Gasteiger charge is -2.15. The molecule has 1 saturated heterocycles. The Hall–Kier alpha value is -0.650. The Morgan fingerprint density at radius 2 is 2.33 bits per heavy atom. The van der Waals surface area contributed by atoms with Gasteiger partial charge in [-0.1, -0.05) is 0 Å². The number of hydrogen-bond acceptors (Lipinski definition) is 4. The Balaban J connectivity index is 1.95. The second-order valence-corrected chi connectivity index (χ2v) is 3.88.